The van der Waals surface area contributed by atoms with Crippen LogP contribution in [0.4, 0.5) is 4.39 Å². The molecule has 0 spiro atoms. The van der Waals surface area contributed by atoms with E-state index in [-0.39, 0.29) is 11.9 Å². The Morgan fingerprint density at radius 3 is 2.21 bits per heavy atom. The highest BCUT2D eigenvalue weighted by atomic mass is 35.5. The molecule has 0 radical (unpaired) electrons. The fourth-order valence-corrected chi connectivity index (χ4v) is 2.62. The molecule has 2 aromatic carbocycles. The van der Waals surface area contributed by atoms with Gasteiger partial charge in [-0.25, -0.2) is 4.39 Å². The van der Waals surface area contributed by atoms with Crippen molar-refractivity contribution in [3.05, 3.63) is 68.4 Å². The molecule has 0 heterocycles. The van der Waals surface area contributed by atoms with E-state index in [4.69, 9.17) is 40.5 Å². The van der Waals surface area contributed by atoms with Crippen LogP contribution >= 0.6 is 34.8 Å². The minimum atomic E-state index is -0.367. The maximum Gasteiger partial charge on any atom is 0.124 e. The maximum atomic E-state index is 13.0. The van der Waals surface area contributed by atoms with Gasteiger partial charge in [-0.3, -0.25) is 0 Å². The molecule has 1 atom stereocenters. The summed E-state index contributed by atoms with van der Waals surface area (Å²) in [7, 11) is 0. The second-order valence-electron chi connectivity index (χ2n) is 4.25. The molecule has 19 heavy (non-hydrogen) atoms. The molecule has 1 nitrogen and oxygen atoms in total. The van der Waals surface area contributed by atoms with Gasteiger partial charge in [0.1, 0.15) is 5.82 Å². The van der Waals surface area contributed by atoms with E-state index in [1.54, 1.807) is 24.3 Å². The van der Waals surface area contributed by atoms with Crippen molar-refractivity contribution in [2.45, 2.75) is 12.5 Å². The fraction of sp³-hybridized carbons (Fsp3) is 0.143. The molecule has 0 aliphatic rings. The summed E-state index contributed by atoms with van der Waals surface area (Å²) in [6.07, 6.45) is 0.482. The third-order valence-corrected chi connectivity index (χ3v) is 3.56. The summed E-state index contributed by atoms with van der Waals surface area (Å²) in [5, 5.41) is 1.43. The van der Waals surface area contributed by atoms with Gasteiger partial charge in [-0.15, -0.1) is 0 Å². The Bertz CT molecular complexity index is 581. The molecule has 2 aromatic rings. The van der Waals surface area contributed by atoms with E-state index >= 15 is 0 Å². The van der Waals surface area contributed by atoms with Crippen LogP contribution in [0.2, 0.25) is 15.1 Å². The molecular weight excluding hydrogens is 308 g/mol. The Labute approximate surface area is 126 Å². The quantitative estimate of drug-likeness (QED) is 0.844. The van der Waals surface area contributed by atoms with E-state index in [0.717, 1.165) is 11.1 Å². The minimum absolute atomic E-state index is 0.306. The first-order valence-corrected chi connectivity index (χ1v) is 6.74. The Hall–Kier alpha value is -0.800. The second kappa shape index (κ2) is 6.10. The van der Waals surface area contributed by atoms with Gasteiger partial charge in [0, 0.05) is 21.1 Å². The predicted molar refractivity (Wildman–Crippen MR) is 78.5 cm³/mol. The van der Waals surface area contributed by atoms with Gasteiger partial charge < -0.3 is 5.73 Å². The Morgan fingerprint density at radius 2 is 1.63 bits per heavy atom. The number of rotatable bonds is 3. The van der Waals surface area contributed by atoms with E-state index in [0.29, 0.717) is 21.5 Å². The van der Waals surface area contributed by atoms with Gasteiger partial charge in [-0.05, 0) is 47.9 Å². The van der Waals surface area contributed by atoms with Crippen molar-refractivity contribution in [1.82, 2.24) is 0 Å². The van der Waals surface area contributed by atoms with Crippen LogP contribution in [-0.2, 0) is 6.42 Å². The maximum absolute atomic E-state index is 13.0. The molecule has 0 amide bonds. The molecule has 0 bridgehead atoms. The molecule has 0 aliphatic carbocycles. The first-order valence-electron chi connectivity index (χ1n) is 5.61. The third kappa shape index (κ3) is 3.83. The van der Waals surface area contributed by atoms with Gasteiger partial charge >= 0.3 is 0 Å². The smallest absolute Gasteiger partial charge is 0.124 e. The highest BCUT2D eigenvalue weighted by Crippen LogP contribution is 2.27. The fourth-order valence-electron chi connectivity index (χ4n) is 1.83. The third-order valence-electron chi connectivity index (χ3n) is 2.77. The minimum Gasteiger partial charge on any atom is -0.324 e. The largest absolute Gasteiger partial charge is 0.324 e. The normalized spacial score (nSPS) is 12.5. The molecule has 2 rings (SSSR count). The highest BCUT2D eigenvalue weighted by Gasteiger charge is 2.11. The van der Waals surface area contributed by atoms with Gasteiger partial charge in [0.15, 0.2) is 0 Å². The van der Waals surface area contributed by atoms with Crippen molar-refractivity contribution in [3.63, 3.8) is 0 Å². The number of hydrogen-bond acceptors (Lipinski definition) is 1. The van der Waals surface area contributed by atoms with Crippen LogP contribution in [0.15, 0.2) is 36.4 Å². The second-order valence-corrected chi connectivity index (χ2v) is 5.53. The van der Waals surface area contributed by atoms with Crippen LogP contribution in [0.25, 0.3) is 0 Å². The van der Waals surface area contributed by atoms with Crippen molar-refractivity contribution >= 4 is 34.8 Å². The molecule has 2 N–H and O–H groups in total. The first-order chi connectivity index (χ1) is 8.95. The Morgan fingerprint density at radius 1 is 1.00 bits per heavy atom. The number of hydrogen-bond donors (Lipinski definition) is 1. The molecule has 0 saturated heterocycles. The van der Waals surface area contributed by atoms with Crippen LogP contribution in [0.3, 0.4) is 0 Å². The van der Waals surface area contributed by atoms with E-state index < -0.39 is 0 Å². The zero-order valence-electron chi connectivity index (χ0n) is 9.84. The van der Waals surface area contributed by atoms with Gasteiger partial charge in [0.05, 0.1) is 0 Å². The van der Waals surface area contributed by atoms with Crippen molar-refractivity contribution in [2.24, 2.45) is 5.73 Å². The van der Waals surface area contributed by atoms with Crippen molar-refractivity contribution in [3.8, 4) is 0 Å². The summed E-state index contributed by atoms with van der Waals surface area (Å²) >= 11 is 17.8. The summed E-state index contributed by atoms with van der Waals surface area (Å²) in [6.45, 7) is 0. The van der Waals surface area contributed by atoms with E-state index in [9.17, 15) is 4.39 Å². The zero-order chi connectivity index (χ0) is 14.0. The Balaban J connectivity index is 2.22. The van der Waals surface area contributed by atoms with Gasteiger partial charge in [0.2, 0.25) is 0 Å². The van der Waals surface area contributed by atoms with Crippen LogP contribution in [0.5, 0.6) is 0 Å². The first kappa shape index (κ1) is 14.6. The van der Waals surface area contributed by atoms with Crippen LogP contribution < -0.4 is 5.73 Å². The monoisotopic (exact) mass is 317 g/mol. The molecular formula is C14H11Cl3FN. The van der Waals surface area contributed by atoms with Crippen LogP contribution in [0, 0.1) is 5.82 Å². The number of nitrogens with two attached hydrogens (primary N) is 1. The van der Waals surface area contributed by atoms with Crippen molar-refractivity contribution in [2.75, 3.05) is 0 Å². The topological polar surface area (TPSA) is 26.0 Å². The molecule has 0 saturated carbocycles. The van der Waals surface area contributed by atoms with E-state index in [2.05, 4.69) is 0 Å². The molecule has 100 valence electrons. The van der Waals surface area contributed by atoms with Gasteiger partial charge in [-0.2, -0.15) is 0 Å². The highest BCUT2D eigenvalue weighted by molar-refractivity contribution is 6.34. The lowest BCUT2D eigenvalue weighted by molar-refractivity contribution is 0.625. The van der Waals surface area contributed by atoms with Crippen molar-refractivity contribution < 1.29 is 4.39 Å². The standard InChI is InChI=1S/C14H11Cl3FN/c15-10-3-9(4-11(16)6-10)14(19)5-8-1-2-12(18)7-13(8)17/h1-4,6-7,14H,5,19H2. The predicted octanol–water partition coefficient (Wildman–Crippen LogP) is 5.03. The summed E-state index contributed by atoms with van der Waals surface area (Å²) in [6, 6.07) is 9.12. The lowest BCUT2D eigenvalue weighted by Gasteiger charge is -2.14. The summed E-state index contributed by atoms with van der Waals surface area (Å²) in [5.74, 6) is -0.367. The number of halogens is 4. The Kier molecular flexibility index (Phi) is 4.69. The van der Waals surface area contributed by atoms with Gasteiger partial charge in [0.25, 0.3) is 0 Å². The SMILES string of the molecule is NC(Cc1ccc(F)cc1Cl)c1cc(Cl)cc(Cl)c1. The summed E-state index contributed by atoms with van der Waals surface area (Å²) in [4.78, 5) is 0. The van der Waals surface area contributed by atoms with E-state index in [1.807, 2.05) is 0 Å². The lowest BCUT2D eigenvalue weighted by atomic mass is 9.99. The molecule has 5 heteroatoms. The summed E-state index contributed by atoms with van der Waals surface area (Å²) in [5.41, 5.74) is 7.70. The lowest BCUT2D eigenvalue weighted by Crippen LogP contribution is -2.13. The number of benzene rings is 2. The molecule has 0 aliphatic heterocycles. The van der Waals surface area contributed by atoms with Crippen LogP contribution in [0.1, 0.15) is 17.2 Å². The van der Waals surface area contributed by atoms with Crippen LogP contribution in [-0.4, -0.2) is 0 Å². The average Bonchev–Trinajstić information content (AvgIpc) is 2.31. The summed E-state index contributed by atoms with van der Waals surface area (Å²) < 4.78 is 13.0. The van der Waals surface area contributed by atoms with E-state index in [1.165, 1.54) is 12.1 Å². The average molecular weight is 319 g/mol. The van der Waals surface area contributed by atoms with Gasteiger partial charge in [-0.1, -0.05) is 40.9 Å². The van der Waals surface area contributed by atoms with Crippen molar-refractivity contribution in [1.29, 1.82) is 0 Å². The zero-order valence-corrected chi connectivity index (χ0v) is 12.1. The molecule has 1 unspecified atom stereocenters. The molecule has 0 fully saturated rings. The molecule has 0 aromatic heterocycles.